The van der Waals surface area contributed by atoms with Crippen LogP contribution in [-0.4, -0.2) is 26.8 Å². The van der Waals surface area contributed by atoms with E-state index in [0.717, 1.165) is 11.1 Å². The third-order valence-corrected chi connectivity index (χ3v) is 3.99. The molecule has 0 N–H and O–H groups in total. The van der Waals surface area contributed by atoms with Gasteiger partial charge in [-0.3, -0.25) is 0 Å². The van der Waals surface area contributed by atoms with Gasteiger partial charge in [0.15, 0.2) is 0 Å². The smallest absolute Gasteiger partial charge is 0.0803 e. The molecule has 0 heterocycles. The fourth-order valence-electron chi connectivity index (χ4n) is 3.50. The van der Waals surface area contributed by atoms with Crippen LogP contribution in [0.15, 0.2) is 18.2 Å². The first-order valence-electron chi connectivity index (χ1n) is 8.49. The van der Waals surface area contributed by atoms with E-state index in [4.69, 9.17) is 15.7 Å². The van der Waals surface area contributed by atoms with Gasteiger partial charge in [-0.05, 0) is 63.3 Å². The normalized spacial score (nSPS) is 14.0. The molecule has 0 spiro atoms. The van der Waals surface area contributed by atoms with Gasteiger partial charge in [-0.15, -0.1) is 0 Å². The Morgan fingerprint density at radius 3 is 1.17 bits per heavy atom. The number of benzene rings is 1. The molecule has 0 aliphatic carbocycles. The van der Waals surface area contributed by atoms with Crippen molar-refractivity contribution in [2.24, 2.45) is 0 Å². The molecule has 0 saturated carbocycles. The van der Waals surface area contributed by atoms with Crippen LogP contribution in [-0.2, 0) is 10.6 Å². The van der Waals surface area contributed by atoms with E-state index in [0.29, 0.717) is 0 Å². The molecule has 0 aliphatic rings. The molecule has 4 radical (unpaired) electrons. The summed E-state index contributed by atoms with van der Waals surface area (Å²) < 4.78 is 0. The highest BCUT2D eigenvalue weighted by Crippen LogP contribution is 2.43. The van der Waals surface area contributed by atoms with E-state index < -0.39 is 10.6 Å². The number of nitrogens with zero attached hydrogens (tertiary/aromatic N) is 1. The zero-order valence-corrected chi connectivity index (χ0v) is 16.8. The first-order chi connectivity index (χ1) is 9.97. The predicted octanol–water partition coefficient (Wildman–Crippen LogP) is 4.90. The number of rotatable bonds is 3. The predicted molar refractivity (Wildman–Crippen MR) is 106 cm³/mol. The van der Waals surface area contributed by atoms with E-state index in [1.165, 1.54) is 5.69 Å². The minimum absolute atomic E-state index is 0.0559. The highest BCUT2D eigenvalue weighted by molar-refractivity contribution is 6.17. The third kappa shape index (κ3) is 4.58. The molecule has 0 amide bonds. The second kappa shape index (κ2) is 5.90. The Bertz CT molecular complexity index is 503. The molecular formula is C20H33B2N. The fourth-order valence-corrected chi connectivity index (χ4v) is 3.50. The highest BCUT2D eigenvalue weighted by atomic mass is 15.2. The van der Waals surface area contributed by atoms with Crippen LogP contribution in [0.5, 0.6) is 0 Å². The molecule has 0 aliphatic heterocycles. The Labute approximate surface area is 147 Å². The van der Waals surface area contributed by atoms with Crippen molar-refractivity contribution >= 4 is 21.4 Å². The van der Waals surface area contributed by atoms with E-state index in [2.05, 4.69) is 92.3 Å². The molecule has 3 heteroatoms. The van der Waals surface area contributed by atoms with Gasteiger partial charge in [0, 0.05) is 16.8 Å². The van der Waals surface area contributed by atoms with E-state index in [1.807, 2.05) is 0 Å². The van der Waals surface area contributed by atoms with Crippen molar-refractivity contribution in [3.63, 3.8) is 0 Å². The minimum Gasteiger partial charge on any atom is -0.361 e. The number of hydrogen-bond acceptors (Lipinski definition) is 1. The molecule has 0 atom stereocenters. The molecule has 1 aromatic carbocycles. The van der Waals surface area contributed by atoms with Crippen molar-refractivity contribution in [2.75, 3.05) is 4.90 Å². The van der Waals surface area contributed by atoms with Crippen LogP contribution < -0.4 is 4.90 Å². The van der Waals surface area contributed by atoms with Crippen molar-refractivity contribution in [3.05, 3.63) is 29.3 Å². The summed E-state index contributed by atoms with van der Waals surface area (Å²) in [5.41, 5.74) is 3.34. The maximum absolute atomic E-state index is 6.53. The van der Waals surface area contributed by atoms with E-state index in [-0.39, 0.29) is 11.1 Å². The second-order valence-electron chi connectivity index (χ2n) is 9.82. The number of anilines is 1. The molecule has 0 saturated heterocycles. The first kappa shape index (κ1) is 20.2. The van der Waals surface area contributed by atoms with Gasteiger partial charge in [0.2, 0.25) is 0 Å². The van der Waals surface area contributed by atoms with Gasteiger partial charge < -0.3 is 4.90 Å². The van der Waals surface area contributed by atoms with Crippen LogP contribution in [0.4, 0.5) is 5.69 Å². The second-order valence-corrected chi connectivity index (χ2v) is 9.82. The van der Waals surface area contributed by atoms with Gasteiger partial charge >= 0.3 is 0 Å². The van der Waals surface area contributed by atoms with Crippen LogP contribution in [0.1, 0.15) is 80.4 Å². The van der Waals surface area contributed by atoms with Gasteiger partial charge in [0.25, 0.3) is 0 Å². The summed E-state index contributed by atoms with van der Waals surface area (Å²) in [5.74, 6) is 0. The largest absolute Gasteiger partial charge is 0.361 e. The fraction of sp³-hybridized carbons (Fsp3) is 0.700. The van der Waals surface area contributed by atoms with E-state index >= 15 is 0 Å². The molecule has 124 valence electrons. The van der Waals surface area contributed by atoms with E-state index in [1.54, 1.807) is 0 Å². The average molecular weight is 309 g/mol. The molecule has 1 rings (SSSR count). The Morgan fingerprint density at radius 1 is 0.652 bits per heavy atom. The molecule has 0 unspecified atom stereocenters. The van der Waals surface area contributed by atoms with Crippen molar-refractivity contribution in [3.8, 4) is 0 Å². The molecule has 0 bridgehead atoms. The Balaban J connectivity index is 3.91. The monoisotopic (exact) mass is 309 g/mol. The Kier molecular flexibility index (Phi) is 5.18. The Morgan fingerprint density at radius 2 is 0.957 bits per heavy atom. The minimum atomic E-state index is -0.439. The quantitative estimate of drug-likeness (QED) is 0.718. The van der Waals surface area contributed by atoms with Crippen LogP contribution >= 0.6 is 0 Å². The average Bonchev–Trinajstić information content (AvgIpc) is 2.21. The SMILES string of the molecule is [B]C(C)(C)c1cccc(C([B])(C)C)c1N(C(C)(C)C)C(C)(C)C. The number of para-hydroxylation sites is 1. The summed E-state index contributed by atoms with van der Waals surface area (Å²) in [6, 6.07) is 6.34. The lowest BCUT2D eigenvalue weighted by atomic mass is 9.62. The Hall–Kier alpha value is -0.850. The molecule has 0 aromatic heterocycles. The van der Waals surface area contributed by atoms with Gasteiger partial charge in [0.1, 0.15) is 0 Å². The lowest BCUT2D eigenvalue weighted by Gasteiger charge is -2.51. The lowest BCUT2D eigenvalue weighted by molar-refractivity contribution is 0.376. The molecule has 1 aromatic rings. The maximum atomic E-state index is 6.53. The van der Waals surface area contributed by atoms with Crippen LogP contribution in [0, 0.1) is 0 Å². The van der Waals surface area contributed by atoms with Gasteiger partial charge in [-0.25, -0.2) is 0 Å². The lowest BCUT2D eigenvalue weighted by Crippen LogP contribution is -2.54. The van der Waals surface area contributed by atoms with Crippen molar-refractivity contribution in [2.45, 2.75) is 90.9 Å². The third-order valence-electron chi connectivity index (χ3n) is 3.99. The highest BCUT2D eigenvalue weighted by Gasteiger charge is 2.37. The zero-order valence-electron chi connectivity index (χ0n) is 16.8. The topological polar surface area (TPSA) is 3.24 Å². The summed E-state index contributed by atoms with van der Waals surface area (Å²) in [6.45, 7) is 21.7. The molecular weight excluding hydrogens is 276 g/mol. The van der Waals surface area contributed by atoms with Crippen molar-refractivity contribution < 1.29 is 0 Å². The summed E-state index contributed by atoms with van der Waals surface area (Å²) in [7, 11) is 13.1. The van der Waals surface area contributed by atoms with Gasteiger partial charge in [-0.1, -0.05) is 45.9 Å². The maximum Gasteiger partial charge on any atom is 0.0803 e. The van der Waals surface area contributed by atoms with Gasteiger partial charge in [-0.2, -0.15) is 0 Å². The molecule has 1 nitrogen and oxygen atoms in total. The number of hydrogen-bond donors (Lipinski definition) is 0. The summed E-state index contributed by atoms with van der Waals surface area (Å²) in [4.78, 5) is 2.47. The molecule has 23 heavy (non-hydrogen) atoms. The van der Waals surface area contributed by atoms with Crippen molar-refractivity contribution in [1.29, 1.82) is 0 Å². The van der Waals surface area contributed by atoms with Crippen LogP contribution in [0.3, 0.4) is 0 Å². The van der Waals surface area contributed by atoms with Gasteiger partial charge in [0.05, 0.1) is 15.7 Å². The van der Waals surface area contributed by atoms with Crippen LogP contribution in [0.2, 0.25) is 0 Å². The standard InChI is InChI=1S/C20H33B2N/c1-17(2,3)23(18(4,5)6)16-14(19(7,8)21)12-11-13-15(16)20(9,10)22/h11-13H,1-10H3. The van der Waals surface area contributed by atoms with Crippen LogP contribution in [0.25, 0.3) is 0 Å². The molecule has 0 fully saturated rings. The summed E-state index contributed by atoms with van der Waals surface area (Å²) in [5, 5.41) is -0.878. The summed E-state index contributed by atoms with van der Waals surface area (Å²) >= 11 is 0. The zero-order chi connectivity index (χ0) is 18.4. The summed E-state index contributed by atoms with van der Waals surface area (Å²) in [6.07, 6.45) is 0. The van der Waals surface area contributed by atoms with Crippen molar-refractivity contribution in [1.82, 2.24) is 0 Å². The van der Waals surface area contributed by atoms with E-state index in [9.17, 15) is 0 Å². The first-order valence-corrected chi connectivity index (χ1v) is 8.49.